The molecule has 0 atom stereocenters. The summed E-state index contributed by atoms with van der Waals surface area (Å²) in [5, 5.41) is 22.2. The van der Waals surface area contributed by atoms with Crippen LogP contribution in [0.2, 0.25) is 0 Å². The molecule has 1 aromatic rings. The maximum atomic E-state index is 11.4. The van der Waals surface area contributed by atoms with Gasteiger partial charge in [0.25, 0.3) is 5.91 Å². The van der Waals surface area contributed by atoms with Gasteiger partial charge in [0, 0.05) is 12.6 Å². The van der Waals surface area contributed by atoms with Crippen molar-refractivity contribution >= 4 is 17.8 Å². The molecule has 3 N–H and O–H groups in total. The molecular weight excluding hydrogens is 323 g/mol. The molecule has 0 aromatic carbocycles. The van der Waals surface area contributed by atoms with E-state index in [0.29, 0.717) is 18.7 Å². The second-order valence-corrected chi connectivity index (χ2v) is 3.98. The lowest BCUT2D eigenvalue weighted by Gasteiger charge is -1.99. The summed E-state index contributed by atoms with van der Waals surface area (Å²) < 4.78 is 33.2. The Morgan fingerprint density at radius 3 is 2.22 bits per heavy atom. The van der Waals surface area contributed by atoms with Crippen molar-refractivity contribution in [3.63, 3.8) is 0 Å². The Hall–Kier alpha value is -2.72. The largest absolute Gasteiger partial charge is 0.490 e. The highest BCUT2D eigenvalue weighted by atomic mass is 19.4. The molecule has 0 aliphatic rings. The molecule has 1 aromatic heterocycles. The number of nitrogens with one attached hydrogen (secondary N) is 1. The van der Waals surface area contributed by atoms with Crippen molar-refractivity contribution < 1.29 is 42.4 Å². The molecular formula is C12H15F3N3O5+. The molecule has 11 heteroatoms. The fourth-order valence-electron chi connectivity index (χ4n) is 1.12. The minimum atomic E-state index is -5.08. The number of halogens is 3. The van der Waals surface area contributed by atoms with Crippen molar-refractivity contribution in [2.75, 3.05) is 6.54 Å². The summed E-state index contributed by atoms with van der Waals surface area (Å²) in [6.45, 7) is 2.69. The van der Waals surface area contributed by atoms with Crippen LogP contribution in [0.3, 0.4) is 0 Å². The van der Waals surface area contributed by atoms with Crippen LogP contribution < -0.4 is 10.00 Å². The Kier molecular flexibility index (Phi) is 8.23. The maximum Gasteiger partial charge on any atom is 0.490 e. The molecule has 0 saturated carbocycles. The minimum absolute atomic E-state index is 0.0121. The highest BCUT2D eigenvalue weighted by molar-refractivity contribution is 5.93. The number of aliphatic carboxylic acids is 2. The number of carboxylic acid groups (broad SMARTS) is 2. The van der Waals surface area contributed by atoms with E-state index in [1.807, 2.05) is 6.92 Å². The van der Waals surface area contributed by atoms with Crippen LogP contribution in [0.1, 0.15) is 23.7 Å². The fraction of sp³-hybridized carbons (Fsp3) is 0.417. The number of alkyl halides is 3. The lowest BCUT2D eigenvalue weighted by Crippen LogP contribution is -2.39. The van der Waals surface area contributed by atoms with Gasteiger partial charge >= 0.3 is 18.1 Å². The summed E-state index contributed by atoms with van der Waals surface area (Å²) in [7, 11) is 0. The normalized spacial score (nSPS) is 10.3. The van der Waals surface area contributed by atoms with Gasteiger partial charge in [0.2, 0.25) is 0 Å². The number of carboxylic acids is 2. The zero-order valence-corrected chi connectivity index (χ0v) is 12.0. The Morgan fingerprint density at radius 2 is 1.87 bits per heavy atom. The number of nitrogens with zero attached hydrogens (tertiary/aromatic N) is 2. The first-order valence-electron chi connectivity index (χ1n) is 6.23. The van der Waals surface area contributed by atoms with E-state index in [0.717, 1.165) is 0 Å². The SMILES string of the molecule is CCNC(=O)c1cc[n+](CCC(=O)O)nc1.O=C(O)C(F)(F)F. The van der Waals surface area contributed by atoms with Gasteiger partial charge in [-0.3, -0.25) is 9.59 Å². The van der Waals surface area contributed by atoms with E-state index in [4.69, 9.17) is 15.0 Å². The average molecular weight is 338 g/mol. The monoisotopic (exact) mass is 338 g/mol. The second kappa shape index (κ2) is 9.33. The average Bonchev–Trinajstić information content (AvgIpc) is 2.45. The first kappa shape index (κ1) is 20.3. The zero-order chi connectivity index (χ0) is 18.0. The Balaban J connectivity index is 0.000000585. The number of aromatic nitrogens is 2. The van der Waals surface area contributed by atoms with E-state index in [9.17, 15) is 22.8 Å². The number of carbonyl (C=O) groups excluding carboxylic acids is 1. The van der Waals surface area contributed by atoms with Crippen LogP contribution in [-0.2, 0) is 16.1 Å². The zero-order valence-electron chi connectivity index (χ0n) is 12.0. The van der Waals surface area contributed by atoms with Gasteiger partial charge in [-0.05, 0) is 12.0 Å². The first-order chi connectivity index (χ1) is 10.6. The molecule has 0 fully saturated rings. The van der Waals surface area contributed by atoms with Gasteiger partial charge in [-0.1, -0.05) is 4.68 Å². The lowest BCUT2D eigenvalue weighted by molar-refractivity contribution is -0.753. The first-order valence-corrected chi connectivity index (χ1v) is 6.23. The molecule has 0 saturated heterocycles. The van der Waals surface area contributed by atoms with Crippen LogP contribution in [0, 0.1) is 0 Å². The van der Waals surface area contributed by atoms with Crippen molar-refractivity contribution in [3.8, 4) is 0 Å². The van der Waals surface area contributed by atoms with Gasteiger partial charge in [-0.25, -0.2) is 4.79 Å². The highest BCUT2D eigenvalue weighted by Gasteiger charge is 2.38. The van der Waals surface area contributed by atoms with Gasteiger partial charge in [0.15, 0.2) is 12.7 Å². The Bertz CT molecular complexity index is 546. The van der Waals surface area contributed by atoms with E-state index >= 15 is 0 Å². The molecule has 1 heterocycles. The van der Waals surface area contributed by atoms with Crippen LogP contribution in [0.5, 0.6) is 0 Å². The van der Waals surface area contributed by atoms with Gasteiger partial charge in [0.1, 0.15) is 12.6 Å². The number of carbonyl (C=O) groups is 3. The summed E-state index contributed by atoms with van der Waals surface area (Å²) in [6, 6.07) is 1.61. The number of hydrogen-bond donors (Lipinski definition) is 3. The van der Waals surface area contributed by atoms with E-state index < -0.39 is 18.1 Å². The summed E-state index contributed by atoms with van der Waals surface area (Å²) in [5.41, 5.74) is 0.466. The number of rotatable bonds is 5. The molecule has 0 aliphatic carbocycles. The smallest absolute Gasteiger partial charge is 0.481 e. The van der Waals surface area contributed by atoms with Crippen LogP contribution >= 0.6 is 0 Å². The Morgan fingerprint density at radius 1 is 1.30 bits per heavy atom. The van der Waals surface area contributed by atoms with Crippen LogP contribution in [-0.4, -0.2) is 45.9 Å². The predicted molar refractivity (Wildman–Crippen MR) is 68.4 cm³/mol. The van der Waals surface area contributed by atoms with Gasteiger partial charge in [-0.2, -0.15) is 13.2 Å². The topological polar surface area (TPSA) is 120 Å². The van der Waals surface area contributed by atoms with Crippen molar-refractivity contribution in [3.05, 3.63) is 24.0 Å². The molecule has 128 valence electrons. The molecule has 23 heavy (non-hydrogen) atoms. The summed E-state index contributed by atoms with van der Waals surface area (Å²) in [4.78, 5) is 30.6. The summed E-state index contributed by atoms with van der Waals surface area (Å²) in [6.07, 6.45) is -2.06. The van der Waals surface area contributed by atoms with Gasteiger partial charge in [-0.15, -0.1) is 0 Å². The predicted octanol–water partition coefficient (Wildman–Crippen LogP) is 0.227. The second-order valence-electron chi connectivity index (χ2n) is 3.98. The minimum Gasteiger partial charge on any atom is -0.481 e. The lowest BCUT2D eigenvalue weighted by atomic mass is 10.3. The molecule has 0 bridgehead atoms. The third-order valence-corrected chi connectivity index (χ3v) is 2.17. The maximum absolute atomic E-state index is 11.4. The summed E-state index contributed by atoms with van der Waals surface area (Å²) in [5.74, 6) is -3.81. The molecule has 1 rings (SSSR count). The van der Waals surface area contributed by atoms with Crippen molar-refractivity contribution in [2.45, 2.75) is 26.1 Å². The third kappa shape index (κ3) is 9.01. The van der Waals surface area contributed by atoms with Gasteiger partial charge in [0.05, 0.1) is 5.56 Å². The van der Waals surface area contributed by atoms with Crippen molar-refractivity contribution in [1.82, 2.24) is 10.4 Å². The number of aryl methyl sites for hydroxylation is 1. The van der Waals surface area contributed by atoms with E-state index in [-0.39, 0.29) is 12.3 Å². The fourth-order valence-corrected chi connectivity index (χ4v) is 1.12. The molecule has 0 radical (unpaired) electrons. The highest BCUT2D eigenvalue weighted by Crippen LogP contribution is 2.13. The third-order valence-electron chi connectivity index (χ3n) is 2.17. The standard InChI is InChI=1S/C10H13N3O3.C2HF3O2/c1-2-11-10(16)8-3-5-13(12-7-8)6-4-9(14)15;3-2(4,5)1(6)7/h3,5,7H,2,4,6H2,1H3,(H-,11,14,15,16);(H,6,7)/p+1. The molecule has 1 amide bonds. The molecule has 0 unspecified atom stereocenters. The molecule has 8 nitrogen and oxygen atoms in total. The van der Waals surface area contributed by atoms with Crippen LogP contribution in [0.15, 0.2) is 18.5 Å². The van der Waals surface area contributed by atoms with E-state index in [2.05, 4.69) is 10.4 Å². The number of hydrogen-bond acceptors (Lipinski definition) is 4. The van der Waals surface area contributed by atoms with E-state index in [1.165, 1.54) is 10.9 Å². The Labute approximate surface area is 128 Å². The quantitative estimate of drug-likeness (QED) is 0.661. The van der Waals surface area contributed by atoms with Gasteiger partial charge < -0.3 is 15.5 Å². The van der Waals surface area contributed by atoms with Crippen LogP contribution in [0.25, 0.3) is 0 Å². The number of amides is 1. The van der Waals surface area contributed by atoms with Crippen LogP contribution in [0.4, 0.5) is 13.2 Å². The molecule has 0 aliphatic heterocycles. The molecule has 0 spiro atoms. The van der Waals surface area contributed by atoms with Crippen molar-refractivity contribution in [2.24, 2.45) is 0 Å². The van der Waals surface area contributed by atoms with E-state index in [1.54, 1.807) is 12.3 Å². The van der Waals surface area contributed by atoms with Crippen molar-refractivity contribution in [1.29, 1.82) is 0 Å². The summed E-state index contributed by atoms with van der Waals surface area (Å²) >= 11 is 0.